The summed E-state index contributed by atoms with van der Waals surface area (Å²) in [7, 11) is 1.36. The Morgan fingerprint density at radius 2 is 2.19 bits per heavy atom. The minimum atomic E-state index is -0.398. The second-order valence-electron chi connectivity index (χ2n) is 4.92. The summed E-state index contributed by atoms with van der Waals surface area (Å²) in [6.45, 7) is 4.12. The highest BCUT2D eigenvalue weighted by Crippen LogP contribution is 2.30. The number of fused-ring (bicyclic) bond motifs is 1. The van der Waals surface area contributed by atoms with E-state index in [-0.39, 0.29) is 5.92 Å². The van der Waals surface area contributed by atoms with Crippen molar-refractivity contribution >= 4 is 28.5 Å². The van der Waals surface area contributed by atoms with Crippen molar-refractivity contribution in [2.24, 2.45) is 0 Å². The molecule has 1 N–H and O–H groups in total. The number of benzene rings is 1. The third-order valence-electron chi connectivity index (χ3n) is 3.19. The SMILES string of the molecule is COC(=O)c1cccc2[nH]c(-c3snnc3C(C)C)nc12. The molecule has 0 fully saturated rings. The van der Waals surface area contributed by atoms with E-state index in [0.29, 0.717) is 16.9 Å². The van der Waals surface area contributed by atoms with Crippen molar-refractivity contribution in [2.75, 3.05) is 7.11 Å². The highest BCUT2D eigenvalue weighted by Gasteiger charge is 2.19. The third kappa shape index (κ3) is 2.29. The first-order valence-corrected chi connectivity index (χ1v) is 7.28. The smallest absolute Gasteiger partial charge is 0.340 e. The molecule has 21 heavy (non-hydrogen) atoms. The van der Waals surface area contributed by atoms with Crippen LogP contribution in [0.25, 0.3) is 21.7 Å². The van der Waals surface area contributed by atoms with Gasteiger partial charge in [0.25, 0.3) is 0 Å². The maximum Gasteiger partial charge on any atom is 0.340 e. The number of imidazole rings is 1. The fourth-order valence-corrected chi connectivity index (χ4v) is 2.92. The fourth-order valence-electron chi connectivity index (χ4n) is 2.15. The van der Waals surface area contributed by atoms with Crippen LogP contribution in [0.3, 0.4) is 0 Å². The molecule has 0 saturated heterocycles. The van der Waals surface area contributed by atoms with Crippen LogP contribution < -0.4 is 0 Å². The van der Waals surface area contributed by atoms with Crippen LogP contribution in [0.15, 0.2) is 18.2 Å². The number of hydrogen-bond donors (Lipinski definition) is 1. The number of carbonyl (C=O) groups is 1. The number of ether oxygens (including phenoxy) is 1. The van der Waals surface area contributed by atoms with Gasteiger partial charge in [0.15, 0.2) is 5.82 Å². The van der Waals surface area contributed by atoms with E-state index in [1.807, 2.05) is 6.07 Å². The number of rotatable bonds is 3. The zero-order chi connectivity index (χ0) is 15.0. The van der Waals surface area contributed by atoms with Gasteiger partial charge >= 0.3 is 5.97 Å². The summed E-state index contributed by atoms with van der Waals surface area (Å²) < 4.78 is 8.80. The van der Waals surface area contributed by atoms with Crippen molar-refractivity contribution in [3.63, 3.8) is 0 Å². The minimum absolute atomic E-state index is 0.257. The van der Waals surface area contributed by atoms with Gasteiger partial charge in [-0.15, -0.1) is 5.10 Å². The lowest BCUT2D eigenvalue weighted by Crippen LogP contribution is -2.01. The Morgan fingerprint density at radius 1 is 1.38 bits per heavy atom. The van der Waals surface area contributed by atoms with E-state index in [4.69, 9.17) is 4.74 Å². The third-order valence-corrected chi connectivity index (χ3v) is 3.94. The molecule has 7 heteroatoms. The monoisotopic (exact) mass is 302 g/mol. The second-order valence-corrected chi connectivity index (χ2v) is 5.67. The Labute approximate surface area is 125 Å². The van der Waals surface area contributed by atoms with E-state index in [0.717, 1.165) is 16.1 Å². The number of nitrogens with one attached hydrogen (secondary N) is 1. The Hall–Kier alpha value is -2.28. The first kappa shape index (κ1) is 13.7. The molecule has 2 aromatic heterocycles. The quantitative estimate of drug-likeness (QED) is 0.752. The predicted molar refractivity (Wildman–Crippen MR) is 80.4 cm³/mol. The van der Waals surface area contributed by atoms with E-state index in [1.54, 1.807) is 12.1 Å². The van der Waals surface area contributed by atoms with Crippen LogP contribution in [0.4, 0.5) is 0 Å². The van der Waals surface area contributed by atoms with Gasteiger partial charge in [-0.1, -0.05) is 24.4 Å². The average Bonchev–Trinajstić information content (AvgIpc) is 3.11. The first-order chi connectivity index (χ1) is 10.1. The lowest BCUT2D eigenvalue weighted by Gasteiger charge is -2.00. The van der Waals surface area contributed by atoms with Crippen LogP contribution in [-0.4, -0.2) is 32.6 Å². The van der Waals surface area contributed by atoms with Gasteiger partial charge in [-0.3, -0.25) is 0 Å². The van der Waals surface area contributed by atoms with Gasteiger partial charge in [-0.25, -0.2) is 9.78 Å². The van der Waals surface area contributed by atoms with Gasteiger partial charge in [0.05, 0.1) is 23.9 Å². The molecule has 1 aromatic carbocycles. The number of methoxy groups -OCH3 is 1. The van der Waals surface area contributed by atoms with Gasteiger partial charge in [-0.05, 0) is 29.6 Å². The molecule has 0 amide bonds. The average molecular weight is 302 g/mol. The highest BCUT2D eigenvalue weighted by atomic mass is 32.1. The van der Waals surface area contributed by atoms with Gasteiger partial charge in [0, 0.05) is 0 Å². The second kappa shape index (κ2) is 5.25. The minimum Gasteiger partial charge on any atom is -0.465 e. The Kier molecular flexibility index (Phi) is 3.42. The standard InChI is InChI=1S/C14H14N4O2S/c1-7(2)10-12(21-18-17-10)13-15-9-6-4-5-8(11(9)16-13)14(19)20-3/h4-7H,1-3H3,(H,15,16). The van der Waals surface area contributed by atoms with Crippen LogP contribution >= 0.6 is 11.5 Å². The molecule has 0 aliphatic heterocycles. The summed E-state index contributed by atoms with van der Waals surface area (Å²) in [5, 5.41) is 4.15. The topological polar surface area (TPSA) is 80.8 Å². The fraction of sp³-hybridized carbons (Fsp3) is 0.286. The summed E-state index contributed by atoms with van der Waals surface area (Å²) in [5.41, 5.74) is 2.73. The maximum absolute atomic E-state index is 11.8. The van der Waals surface area contributed by atoms with Crippen molar-refractivity contribution < 1.29 is 9.53 Å². The van der Waals surface area contributed by atoms with Crippen LogP contribution in [0, 0.1) is 0 Å². The van der Waals surface area contributed by atoms with Crippen molar-refractivity contribution in [2.45, 2.75) is 19.8 Å². The molecule has 0 saturated carbocycles. The molecule has 108 valence electrons. The molecule has 3 rings (SSSR count). The Bertz CT molecular complexity index is 806. The van der Waals surface area contributed by atoms with Gasteiger partial charge in [-0.2, -0.15) is 0 Å². The van der Waals surface area contributed by atoms with Gasteiger partial charge in [0.2, 0.25) is 0 Å². The largest absolute Gasteiger partial charge is 0.465 e. The van der Waals surface area contributed by atoms with Crippen molar-refractivity contribution in [3.8, 4) is 10.7 Å². The van der Waals surface area contributed by atoms with Crippen molar-refractivity contribution in [1.29, 1.82) is 0 Å². The summed E-state index contributed by atoms with van der Waals surface area (Å²) in [6.07, 6.45) is 0. The summed E-state index contributed by atoms with van der Waals surface area (Å²) >= 11 is 1.30. The maximum atomic E-state index is 11.8. The van der Waals surface area contributed by atoms with Crippen LogP contribution in [0.5, 0.6) is 0 Å². The van der Waals surface area contributed by atoms with E-state index in [9.17, 15) is 4.79 Å². The van der Waals surface area contributed by atoms with E-state index in [2.05, 4.69) is 33.4 Å². The number of esters is 1. The number of hydrogen-bond acceptors (Lipinski definition) is 6. The number of aromatic amines is 1. The number of carbonyl (C=O) groups excluding carboxylic acids is 1. The first-order valence-electron chi connectivity index (χ1n) is 6.51. The van der Waals surface area contributed by atoms with E-state index in [1.165, 1.54) is 18.6 Å². The molecule has 0 aliphatic carbocycles. The molecular weight excluding hydrogens is 288 g/mol. The van der Waals surface area contributed by atoms with Crippen LogP contribution in [-0.2, 0) is 4.74 Å². The van der Waals surface area contributed by atoms with Crippen LogP contribution in [0.2, 0.25) is 0 Å². The molecule has 0 unspecified atom stereocenters. The zero-order valence-electron chi connectivity index (χ0n) is 11.9. The Morgan fingerprint density at radius 3 is 2.90 bits per heavy atom. The number of nitrogens with zero attached hydrogens (tertiary/aromatic N) is 3. The lowest BCUT2D eigenvalue weighted by atomic mass is 10.1. The molecule has 6 nitrogen and oxygen atoms in total. The molecule has 0 bridgehead atoms. The van der Waals surface area contributed by atoms with Gasteiger partial charge < -0.3 is 9.72 Å². The van der Waals surface area contributed by atoms with E-state index < -0.39 is 5.97 Å². The molecular formula is C14H14N4O2S. The molecule has 3 aromatic rings. The lowest BCUT2D eigenvalue weighted by molar-refractivity contribution is 0.0603. The molecule has 0 atom stereocenters. The molecule has 0 spiro atoms. The number of aromatic nitrogens is 4. The number of H-pyrrole nitrogens is 1. The predicted octanol–water partition coefficient (Wildman–Crippen LogP) is 2.99. The number of para-hydroxylation sites is 1. The van der Waals surface area contributed by atoms with Gasteiger partial charge in [0.1, 0.15) is 10.4 Å². The molecule has 2 heterocycles. The van der Waals surface area contributed by atoms with E-state index >= 15 is 0 Å². The van der Waals surface area contributed by atoms with Crippen molar-refractivity contribution in [3.05, 3.63) is 29.5 Å². The summed E-state index contributed by atoms with van der Waals surface area (Å²) in [6, 6.07) is 5.37. The molecule has 0 radical (unpaired) electrons. The van der Waals surface area contributed by atoms with Crippen molar-refractivity contribution in [1.82, 2.24) is 19.6 Å². The summed E-state index contributed by atoms with van der Waals surface area (Å²) in [5.74, 6) is 0.539. The zero-order valence-corrected chi connectivity index (χ0v) is 12.7. The normalized spacial score (nSPS) is 11.2. The van der Waals surface area contributed by atoms with Crippen LogP contribution in [0.1, 0.15) is 35.8 Å². The molecule has 0 aliphatic rings. The highest BCUT2D eigenvalue weighted by molar-refractivity contribution is 7.09. The Balaban J connectivity index is 2.18. The summed E-state index contributed by atoms with van der Waals surface area (Å²) in [4.78, 5) is 20.5.